The van der Waals surface area contributed by atoms with E-state index in [4.69, 9.17) is 14.9 Å². The van der Waals surface area contributed by atoms with Crippen molar-refractivity contribution in [3.8, 4) is 0 Å². The highest BCUT2D eigenvalue weighted by Gasteiger charge is 2.25. The molecule has 0 aliphatic heterocycles. The summed E-state index contributed by atoms with van der Waals surface area (Å²) < 4.78 is 5.50. The van der Waals surface area contributed by atoms with Crippen molar-refractivity contribution in [1.29, 1.82) is 0 Å². The average molecular weight is 202 g/mol. The molecule has 1 fully saturated rings. The predicted octanol–water partition coefficient (Wildman–Crippen LogP) is 1.03. The van der Waals surface area contributed by atoms with E-state index in [-0.39, 0.29) is 18.6 Å². The van der Waals surface area contributed by atoms with E-state index in [2.05, 4.69) is 0 Å². The first-order valence-electron chi connectivity index (χ1n) is 5.19. The molecule has 0 heterocycles. The van der Waals surface area contributed by atoms with Crippen LogP contribution in [0.3, 0.4) is 0 Å². The van der Waals surface area contributed by atoms with Crippen molar-refractivity contribution in [2.75, 3.05) is 13.2 Å². The average Bonchev–Trinajstić information content (AvgIpc) is 2.19. The Labute approximate surface area is 83.9 Å². The molecule has 0 aromatic carbocycles. The van der Waals surface area contributed by atoms with E-state index in [1.807, 2.05) is 0 Å². The molecule has 0 aromatic rings. The lowest BCUT2D eigenvalue weighted by Gasteiger charge is -2.26. The van der Waals surface area contributed by atoms with Crippen molar-refractivity contribution in [1.82, 2.24) is 0 Å². The Morgan fingerprint density at radius 2 is 1.93 bits per heavy atom. The lowest BCUT2D eigenvalue weighted by atomic mass is 9.87. The van der Waals surface area contributed by atoms with Crippen LogP contribution in [0.2, 0.25) is 0 Å². The van der Waals surface area contributed by atoms with Gasteiger partial charge in [0.15, 0.2) is 0 Å². The molecule has 0 saturated heterocycles. The van der Waals surface area contributed by atoms with Crippen LogP contribution in [0, 0.1) is 5.92 Å². The van der Waals surface area contributed by atoms with Crippen LogP contribution < -0.4 is 0 Å². The van der Waals surface area contributed by atoms with E-state index < -0.39 is 5.97 Å². The number of rotatable bonds is 5. The van der Waals surface area contributed by atoms with E-state index in [9.17, 15) is 4.79 Å². The molecule has 0 atom stereocenters. The van der Waals surface area contributed by atoms with Crippen molar-refractivity contribution in [3.05, 3.63) is 0 Å². The summed E-state index contributed by atoms with van der Waals surface area (Å²) in [5.74, 6) is -0.855. The van der Waals surface area contributed by atoms with Crippen LogP contribution in [0.25, 0.3) is 0 Å². The predicted molar refractivity (Wildman–Crippen MR) is 51.0 cm³/mol. The summed E-state index contributed by atoms with van der Waals surface area (Å²) >= 11 is 0. The zero-order valence-electron chi connectivity index (χ0n) is 8.32. The van der Waals surface area contributed by atoms with Gasteiger partial charge in [-0.2, -0.15) is 0 Å². The fourth-order valence-electron chi connectivity index (χ4n) is 1.79. The zero-order valence-corrected chi connectivity index (χ0v) is 8.32. The van der Waals surface area contributed by atoms with Crippen LogP contribution in [0.5, 0.6) is 0 Å². The smallest absolute Gasteiger partial charge is 0.306 e. The van der Waals surface area contributed by atoms with Gasteiger partial charge in [0, 0.05) is 13.2 Å². The molecule has 1 saturated carbocycles. The third-order valence-corrected chi connectivity index (χ3v) is 2.68. The summed E-state index contributed by atoms with van der Waals surface area (Å²) in [6.45, 7) is 0.739. The van der Waals surface area contributed by atoms with E-state index in [1.165, 1.54) is 0 Å². The van der Waals surface area contributed by atoms with Gasteiger partial charge in [-0.15, -0.1) is 0 Å². The Morgan fingerprint density at radius 3 is 2.43 bits per heavy atom. The maximum atomic E-state index is 10.6. The lowest BCUT2D eigenvalue weighted by Crippen LogP contribution is -2.26. The third kappa shape index (κ3) is 3.64. The summed E-state index contributed by atoms with van der Waals surface area (Å²) in [7, 11) is 0. The van der Waals surface area contributed by atoms with Gasteiger partial charge < -0.3 is 14.9 Å². The number of aliphatic hydroxyl groups is 1. The van der Waals surface area contributed by atoms with Crippen molar-refractivity contribution in [2.24, 2.45) is 5.92 Å². The minimum absolute atomic E-state index is 0.157. The topological polar surface area (TPSA) is 66.8 Å². The van der Waals surface area contributed by atoms with E-state index in [1.54, 1.807) is 0 Å². The van der Waals surface area contributed by atoms with Gasteiger partial charge in [-0.05, 0) is 32.1 Å². The van der Waals surface area contributed by atoms with Gasteiger partial charge in [-0.25, -0.2) is 0 Å². The highest BCUT2D eigenvalue weighted by atomic mass is 16.5. The number of ether oxygens (including phenoxy) is 1. The first-order chi connectivity index (χ1) is 6.74. The highest BCUT2D eigenvalue weighted by molar-refractivity contribution is 5.69. The highest BCUT2D eigenvalue weighted by Crippen LogP contribution is 2.26. The molecular weight excluding hydrogens is 184 g/mol. The summed E-state index contributed by atoms with van der Waals surface area (Å²) in [4.78, 5) is 10.6. The molecule has 14 heavy (non-hydrogen) atoms. The van der Waals surface area contributed by atoms with Crippen LogP contribution in [0.4, 0.5) is 0 Å². The summed E-state index contributed by atoms with van der Waals surface area (Å²) in [5.41, 5.74) is 0. The first kappa shape index (κ1) is 11.5. The van der Waals surface area contributed by atoms with Gasteiger partial charge >= 0.3 is 5.97 Å². The van der Waals surface area contributed by atoms with Crippen LogP contribution >= 0.6 is 0 Å². The number of hydrogen-bond donors (Lipinski definition) is 2. The summed E-state index contributed by atoms with van der Waals surface area (Å²) in [6.07, 6.45) is 3.99. The van der Waals surface area contributed by atoms with E-state index >= 15 is 0 Å². The molecule has 1 aliphatic rings. The SMILES string of the molecule is O=C(O)C1CCC(OCCCO)CC1. The maximum Gasteiger partial charge on any atom is 0.306 e. The molecular formula is C10H18O4. The molecule has 0 unspecified atom stereocenters. The van der Waals surface area contributed by atoms with Crippen molar-refractivity contribution in [2.45, 2.75) is 38.2 Å². The second-order valence-corrected chi connectivity index (χ2v) is 3.76. The quantitative estimate of drug-likeness (QED) is 0.653. The number of hydrogen-bond acceptors (Lipinski definition) is 3. The van der Waals surface area contributed by atoms with E-state index in [0.717, 1.165) is 25.7 Å². The number of aliphatic hydroxyl groups excluding tert-OH is 1. The van der Waals surface area contributed by atoms with Crippen LogP contribution in [-0.4, -0.2) is 35.5 Å². The van der Waals surface area contributed by atoms with Gasteiger partial charge in [0.2, 0.25) is 0 Å². The second kappa shape index (κ2) is 5.98. The third-order valence-electron chi connectivity index (χ3n) is 2.68. The number of carboxylic acid groups (broad SMARTS) is 1. The molecule has 4 heteroatoms. The first-order valence-corrected chi connectivity index (χ1v) is 5.19. The van der Waals surface area contributed by atoms with Crippen molar-refractivity contribution in [3.63, 3.8) is 0 Å². The number of carboxylic acids is 1. The molecule has 1 aliphatic carbocycles. The normalized spacial score (nSPS) is 27.5. The second-order valence-electron chi connectivity index (χ2n) is 3.76. The molecule has 1 rings (SSSR count). The number of carbonyl (C=O) groups is 1. The minimum atomic E-state index is -0.682. The Kier molecular flexibility index (Phi) is 4.90. The molecule has 82 valence electrons. The Bertz CT molecular complexity index is 173. The van der Waals surface area contributed by atoms with Crippen LogP contribution in [-0.2, 0) is 9.53 Å². The maximum absolute atomic E-state index is 10.6. The van der Waals surface area contributed by atoms with Crippen LogP contribution in [0.1, 0.15) is 32.1 Å². The fourth-order valence-corrected chi connectivity index (χ4v) is 1.79. The van der Waals surface area contributed by atoms with Crippen LogP contribution in [0.15, 0.2) is 0 Å². The minimum Gasteiger partial charge on any atom is -0.481 e. The van der Waals surface area contributed by atoms with Gasteiger partial charge in [0.1, 0.15) is 0 Å². The summed E-state index contributed by atoms with van der Waals surface area (Å²) in [5, 5.41) is 17.3. The molecule has 0 radical (unpaired) electrons. The Hall–Kier alpha value is -0.610. The van der Waals surface area contributed by atoms with Gasteiger partial charge in [-0.3, -0.25) is 4.79 Å². The molecule has 0 spiro atoms. The molecule has 0 aromatic heterocycles. The molecule has 4 nitrogen and oxygen atoms in total. The van der Waals surface area contributed by atoms with Gasteiger partial charge in [-0.1, -0.05) is 0 Å². The Balaban J connectivity index is 2.12. The number of aliphatic carboxylic acids is 1. The van der Waals surface area contributed by atoms with Crippen molar-refractivity contribution >= 4 is 5.97 Å². The zero-order chi connectivity index (χ0) is 10.4. The monoisotopic (exact) mass is 202 g/mol. The van der Waals surface area contributed by atoms with Crippen molar-refractivity contribution < 1.29 is 19.7 Å². The van der Waals surface area contributed by atoms with Gasteiger partial charge in [0.05, 0.1) is 12.0 Å². The largest absolute Gasteiger partial charge is 0.481 e. The summed E-state index contributed by atoms with van der Waals surface area (Å²) in [6, 6.07) is 0. The van der Waals surface area contributed by atoms with Gasteiger partial charge in [0.25, 0.3) is 0 Å². The molecule has 0 bridgehead atoms. The molecule has 0 amide bonds. The standard InChI is InChI=1S/C10H18O4/c11-6-1-7-14-9-4-2-8(3-5-9)10(12)13/h8-9,11H,1-7H2,(H,12,13). The fraction of sp³-hybridized carbons (Fsp3) is 0.900. The van der Waals surface area contributed by atoms with E-state index in [0.29, 0.717) is 13.0 Å². The Morgan fingerprint density at radius 1 is 1.29 bits per heavy atom. The molecule has 2 N–H and O–H groups in total. The lowest BCUT2D eigenvalue weighted by molar-refractivity contribution is -0.143.